The second-order valence-corrected chi connectivity index (χ2v) is 7.43. The fourth-order valence-electron chi connectivity index (χ4n) is 2.75. The van der Waals surface area contributed by atoms with Crippen molar-refractivity contribution in [2.24, 2.45) is 0 Å². The van der Waals surface area contributed by atoms with E-state index in [4.69, 9.17) is 4.74 Å². The van der Waals surface area contributed by atoms with E-state index in [-0.39, 0.29) is 6.10 Å². The monoisotopic (exact) mass is 305 g/mol. The normalized spacial score (nSPS) is 27.4. The van der Waals surface area contributed by atoms with Crippen molar-refractivity contribution >= 4 is 10.2 Å². The first-order valence-electron chi connectivity index (χ1n) is 7.72. The summed E-state index contributed by atoms with van der Waals surface area (Å²) in [6.45, 7) is 6.74. The number of nitrogens with one attached hydrogen (secondary N) is 1. The van der Waals surface area contributed by atoms with Gasteiger partial charge in [0.25, 0.3) is 10.2 Å². The minimum absolute atomic E-state index is 0.0589. The molecule has 2 saturated heterocycles. The molecular weight excluding hydrogens is 278 g/mol. The summed E-state index contributed by atoms with van der Waals surface area (Å²) in [5.74, 6) is 0. The van der Waals surface area contributed by atoms with E-state index < -0.39 is 10.2 Å². The molecule has 1 atom stereocenters. The molecule has 0 aromatic rings. The summed E-state index contributed by atoms with van der Waals surface area (Å²) in [5, 5.41) is 3.24. The lowest BCUT2D eigenvalue weighted by Crippen LogP contribution is -2.50. The van der Waals surface area contributed by atoms with E-state index in [2.05, 4.69) is 12.2 Å². The Kier molecular flexibility index (Phi) is 6.22. The van der Waals surface area contributed by atoms with Crippen molar-refractivity contribution in [3.8, 4) is 0 Å². The van der Waals surface area contributed by atoms with Crippen LogP contribution in [0.5, 0.6) is 0 Å². The first-order chi connectivity index (χ1) is 9.64. The molecule has 2 fully saturated rings. The molecule has 0 saturated carbocycles. The Hall–Kier alpha value is -0.210. The number of hydrogen-bond acceptors (Lipinski definition) is 4. The first kappa shape index (κ1) is 16.2. The molecule has 2 rings (SSSR count). The van der Waals surface area contributed by atoms with Gasteiger partial charge in [-0.1, -0.05) is 6.92 Å². The van der Waals surface area contributed by atoms with Gasteiger partial charge in [0.1, 0.15) is 0 Å². The van der Waals surface area contributed by atoms with E-state index in [0.29, 0.717) is 32.8 Å². The first-order valence-corrected chi connectivity index (χ1v) is 9.12. The number of piperidine rings is 1. The molecule has 0 aromatic carbocycles. The number of ether oxygens (including phenoxy) is 1. The lowest BCUT2D eigenvalue weighted by atomic mass is 10.1. The van der Waals surface area contributed by atoms with Crippen LogP contribution in [0.25, 0.3) is 0 Å². The van der Waals surface area contributed by atoms with E-state index in [0.717, 1.165) is 38.8 Å². The van der Waals surface area contributed by atoms with E-state index in [1.165, 1.54) is 0 Å². The van der Waals surface area contributed by atoms with Gasteiger partial charge in [-0.05, 0) is 32.2 Å². The summed E-state index contributed by atoms with van der Waals surface area (Å²) in [4.78, 5) is 0. The SMILES string of the molecule is CCCOC1CCCN(S(=O)(=O)N2CCCNCC2)C1. The molecule has 1 unspecified atom stereocenters. The summed E-state index contributed by atoms with van der Waals surface area (Å²) in [7, 11) is -3.32. The third-order valence-electron chi connectivity index (χ3n) is 3.85. The number of rotatable bonds is 5. The van der Waals surface area contributed by atoms with Crippen LogP contribution in [-0.2, 0) is 14.9 Å². The summed E-state index contributed by atoms with van der Waals surface area (Å²) in [6.07, 6.45) is 3.76. The Balaban J connectivity index is 1.96. The molecule has 118 valence electrons. The van der Waals surface area contributed by atoms with Gasteiger partial charge in [-0.3, -0.25) is 0 Å². The zero-order chi connectivity index (χ0) is 14.4. The van der Waals surface area contributed by atoms with Crippen molar-refractivity contribution in [2.75, 3.05) is 45.9 Å². The predicted molar refractivity (Wildman–Crippen MR) is 78.8 cm³/mol. The van der Waals surface area contributed by atoms with Crippen LogP contribution in [0.4, 0.5) is 0 Å². The van der Waals surface area contributed by atoms with Crippen LogP contribution in [0.15, 0.2) is 0 Å². The minimum atomic E-state index is -3.32. The third kappa shape index (κ3) is 4.14. The molecule has 0 radical (unpaired) electrons. The second kappa shape index (κ2) is 7.70. The highest BCUT2D eigenvalue weighted by molar-refractivity contribution is 7.86. The smallest absolute Gasteiger partial charge is 0.282 e. The molecule has 0 aliphatic carbocycles. The van der Waals surface area contributed by atoms with Crippen LogP contribution < -0.4 is 5.32 Å². The maximum Gasteiger partial charge on any atom is 0.282 e. The van der Waals surface area contributed by atoms with Crippen molar-refractivity contribution in [1.29, 1.82) is 0 Å². The average molecular weight is 305 g/mol. The molecule has 0 amide bonds. The van der Waals surface area contributed by atoms with Gasteiger partial charge in [-0.25, -0.2) is 0 Å². The summed E-state index contributed by atoms with van der Waals surface area (Å²) in [6, 6.07) is 0. The molecule has 0 aromatic heterocycles. The molecule has 2 heterocycles. The van der Waals surface area contributed by atoms with Gasteiger partial charge in [-0.15, -0.1) is 0 Å². The van der Waals surface area contributed by atoms with E-state index in [1.54, 1.807) is 8.61 Å². The van der Waals surface area contributed by atoms with Gasteiger partial charge in [0.15, 0.2) is 0 Å². The van der Waals surface area contributed by atoms with Crippen molar-refractivity contribution in [3.63, 3.8) is 0 Å². The molecule has 6 nitrogen and oxygen atoms in total. The Bertz CT molecular complexity index is 380. The fraction of sp³-hybridized carbons (Fsp3) is 1.00. The Labute approximate surface area is 122 Å². The van der Waals surface area contributed by atoms with Crippen molar-refractivity contribution < 1.29 is 13.2 Å². The quantitative estimate of drug-likeness (QED) is 0.799. The molecular formula is C13H27N3O3S. The fourth-order valence-corrected chi connectivity index (χ4v) is 4.47. The molecule has 2 aliphatic rings. The van der Waals surface area contributed by atoms with Gasteiger partial charge in [0.05, 0.1) is 6.10 Å². The third-order valence-corrected chi connectivity index (χ3v) is 5.85. The maximum absolute atomic E-state index is 12.7. The average Bonchev–Trinajstić information content (AvgIpc) is 2.75. The van der Waals surface area contributed by atoms with Gasteiger partial charge in [-0.2, -0.15) is 17.0 Å². The Morgan fingerprint density at radius 3 is 2.75 bits per heavy atom. The molecule has 0 bridgehead atoms. The zero-order valence-electron chi connectivity index (χ0n) is 12.4. The van der Waals surface area contributed by atoms with Crippen LogP contribution >= 0.6 is 0 Å². The second-order valence-electron chi connectivity index (χ2n) is 5.50. The summed E-state index contributed by atoms with van der Waals surface area (Å²) < 4.78 is 34.3. The van der Waals surface area contributed by atoms with E-state index in [9.17, 15) is 8.42 Å². The Morgan fingerprint density at radius 2 is 1.95 bits per heavy atom. The molecule has 0 spiro atoms. The van der Waals surface area contributed by atoms with Crippen molar-refractivity contribution in [3.05, 3.63) is 0 Å². The summed E-state index contributed by atoms with van der Waals surface area (Å²) in [5.41, 5.74) is 0. The zero-order valence-corrected chi connectivity index (χ0v) is 13.2. The number of nitrogens with zero attached hydrogens (tertiary/aromatic N) is 2. The predicted octanol–water partition coefficient (Wildman–Crippen LogP) is 0.418. The van der Waals surface area contributed by atoms with Gasteiger partial charge >= 0.3 is 0 Å². The van der Waals surface area contributed by atoms with Gasteiger partial charge in [0, 0.05) is 39.3 Å². The molecule has 1 N–H and O–H groups in total. The molecule has 20 heavy (non-hydrogen) atoms. The van der Waals surface area contributed by atoms with Crippen LogP contribution in [-0.4, -0.2) is 69.0 Å². The summed E-state index contributed by atoms with van der Waals surface area (Å²) >= 11 is 0. The number of hydrogen-bond donors (Lipinski definition) is 1. The standard InChI is InChI=1S/C13H27N3O3S/c1-2-11-19-13-5-3-8-16(12-13)20(17,18)15-9-4-6-14-7-10-15/h13-14H,2-12H2,1H3. The van der Waals surface area contributed by atoms with E-state index in [1.807, 2.05) is 0 Å². The van der Waals surface area contributed by atoms with Crippen LogP contribution in [0, 0.1) is 0 Å². The highest BCUT2D eigenvalue weighted by Gasteiger charge is 2.33. The highest BCUT2D eigenvalue weighted by atomic mass is 32.2. The van der Waals surface area contributed by atoms with Crippen molar-refractivity contribution in [1.82, 2.24) is 13.9 Å². The Morgan fingerprint density at radius 1 is 1.15 bits per heavy atom. The van der Waals surface area contributed by atoms with E-state index >= 15 is 0 Å². The lowest BCUT2D eigenvalue weighted by molar-refractivity contribution is 0.0181. The van der Waals surface area contributed by atoms with Crippen molar-refractivity contribution in [2.45, 2.75) is 38.7 Å². The highest BCUT2D eigenvalue weighted by Crippen LogP contribution is 2.19. The maximum atomic E-state index is 12.7. The van der Waals surface area contributed by atoms with Crippen LogP contribution in [0.1, 0.15) is 32.6 Å². The van der Waals surface area contributed by atoms with Crippen LogP contribution in [0.2, 0.25) is 0 Å². The van der Waals surface area contributed by atoms with Gasteiger partial charge < -0.3 is 10.1 Å². The largest absolute Gasteiger partial charge is 0.377 e. The minimum Gasteiger partial charge on any atom is -0.377 e. The lowest BCUT2D eigenvalue weighted by Gasteiger charge is -2.35. The molecule has 7 heteroatoms. The topological polar surface area (TPSA) is 61.9 Å². The molecule has 2 aliphatic heterocycles. The van der Waals surface area contributed by atoms with Crippen LogP contribution in [0.3, 0.4) is 0 Å². The van der Waals surface area contributed by atoms with Gasteiger partial charge in [0.2, 0.25) is 0 Å².